The third kappa shape index (κ3) is 3.09. The SMILES string of the molecule is O=C(Nc1ccccc1)/C(Cl)=C\Cl. The van der Waals surface area contributed by atoms with Crippen LogP contribution < -0.4 is 5.32 Å². The van der Waals surface area contributed by atoms with Crippen LogP contribution in [0.2, 0.25) is 0 Å². The van der Waals surface area contributed by atoms with Crippen molar-refractivity contribution < 1.29 is 4.79 Å². The molecule has 1 aromatic rings. The van der Waals surface area contributed by atoms with Crippen molar-refractivity contribution in [1.82, 2.24) is 0 Å². The third-order valence-corrected chi connectivity index (χ3v) is 1.96. The summed E-state index contributed by atoms with van der Waals surface area (Å²) in [4.78, 5) is 11.1. The van der Waals surface area contributed by atoms with E-state index in [1.165, 1.54) is 0 Å². The van der Waals surface area contributed by atoms with E-state index < -0.39 is 5.91 Å². The monoisotopic (exact) mass is 215 g/mol. The van der Waals surface area contributed by atoms with Crippen LogP contribution in [0.25, 0.3) is 0 Å². The summed E-state index contributed by atoms with van der Waals surface area (Å²) in [7, 11) is 0. The summed E-state index contributed by atoms with van der Waals surface area (Å²) in [6.07, 6.45) is 0. The maximum Gasteiger partial charge on any atom is 0.268 e. The van der Waals surface area contributed by atoms with Crippen LogP contribution in [0.4, 0.5) is 5.69 Å². The maximum absolute atomic E-state index is 11.1. The zero-order chi connectivity index (χ0) is 9.68. The normalized spacial score (nSPS) is 11.1. The van der Waals surface area contributed by atoms with Gasteiger partial charge in [0.15, 0.2) is 0 Å². The van der Waals surface area contributed by atoms with Crippen molar-refractivity contribution in [1.29, 1.82) is 0 Å². The molecule has 0 radical (unpaired) electrons. The number of amides is 1. The van der Waals surface area contributed by atoms with Crippen molar-refractivity contribution in [3.8, 4) is 0 Å². The first kappa shape index (κ1) is 10.1. The molecule has 2 nitrogen and oxygen atoms in total. The molecule has 1 amide bonds. The van der Waals surface area contributed by atoms with Gasteiger partial charge in [0.25, 0.3) is 5.91 Å². The molecular weight excluding hydrogens is 209 g/mol. The smallest absolute Gasteiger partial charge is 0.268 e. The van der Waals surface area contributed by atoms with Gasteiger partial charge in [0.2, 0.25) is 0 Å². The molecule has 1 aromatic carbocycles. The van der Waals surface area contributed by atoms with Crippen molar-refractivity contribution in [2.75, 3.05) is 5.32 Å². The van der Waals surface area contributed by atoms with Gasteiger partial charge in [-0.1, -0.05) is 41.4 Å². The molecule has 0 aromatic heterocycles. The summed E-state index contributed by atoms with van der Waals surface area (Å²) in [5.41, 5.74) is 1.71. The van der Waals surface area contributed by atoms with Crippen LogP contribution in [0.1, 0.15) is 0 Å². The Morgan fingerprint density at radius 1 is 1.31 bits per heavy atom. The standard InChI is InChI=1S/C9H7Cl2NO/c10-6-8(11)9(13)12-7-4-2-1-3-5-7/h1-6H,(H,12,13)/b8-6+. The molecule has 0 fully saturated rings. The number of para-hydroxylation sites is 1. The summed E-state index contributed by atoms with van der Waals surface area (Å²) in [5, 5.41) is 2.53. The minimum atomic E-state index is -0.414. The van der Waals surface area contributed by atoms with E-state index in [0.29, 0.717) is 5.69 Å². The molecule has 1 N–H and O–H groups in total. The molecule has 0 spiro atoms. The molecule has 0 saturated heterocycles. The fourth-order valence-electron chi connectivity index (χ4n) is 0.762. The number of carbonyl (C=O) groups excluding carboxylic acids is 1. The molecule has 0 aliphatic rings. The lowest BCUT2D eigenvalue weighted by molar-refractivity contribution is -0.112. The summed E-state index contributed by atoms with van der Waals surface area (Å²) in [6.45, 7) is 0. The maximum atomic E-state index is 11.1. The number of halogens is 2. The van der Waals surface area contributed by atoms with E-state index in [2.05, 4.69) is 5.32 Å². The molecule has 13 heavy (non-hydrogen) atoms. The highest BCUT2D eigenvalue weighted by Crippen LogP contribution is 2.10. The van der Waals surface area contributed by atoms with Crippen molar-refractivity contribution in [2.45, 2.75) is 0 Å². The Morgan fingerprint density at radius 3 is 2.46 bits per heavy atom. The zero-order valence-electron chi connectivity index (χ0n) is 6.63. The van der Waals surface area contributed by atoms with Crippen LogP contribution in [0.5, 0.6) is 0 Å². The Labute approximate surface area is 86.2 Å². The van der Waals surface area contributed by atoms with Crippen LogP contribution in [-0.2, 0) is 4.79 Å². The van der Waals surface area contributed by atoms with Gasteiger partial charge in [-0.2, -0.15) is 0 Å². The third-order valence-electron chi connectivity index (χ3n) is 1.34. The highest BCUT2D eigenvalue weighted by molar-refractivity contribution is 6.47. The molecule has 0 aliphatic carbocycles. The molecule has 0 atom stereocenters. The van der Waals surface area contributed by atoms with Crippen LogP contribution >= 0.6 is 23.2 Å². The molecule has 4 heteroatoms. The van der Waals surface area contributed by atoms with E-state index in [9.17, 15) is 4.79 Å². The van der Waals surface area contributed by atoms with Crippen LogP contribution in [0.3, 0.4) is 0 Å². The average Bonchev–Trinajstić information content (AvgIpc) is 2.18. The van der Waals surface area contributed by atoms with E-state index >= 15 is 0 Å². The molecular formula is C9H7Cl2NO. The molecule has 1 rings (SSSR count). The first-order valence-electron chi connectivity index (χ1n) is 3.56. The van der Waals surface area contributed by atoms with Crippen molar-refractivity contribution in [2.24, 2.45) is 0 Å². The van der Waals surface area contributed by atoms with Crippen molar-refractivity contribution in [3.63, 3.8) is 0 Å². The summed E-state index contributed by atoms with van der Waals surface area (Å²) >= 11 is 10.7. The summed E-state index contributed by atoms with van der Waals surface area (Å²) in [5.74, 6) is -0.414. The second kappa shape index (κ2) is 4.90. The van der Waals surface area contributed by atoms with Gasteiger partial charge < -0.3 is 5.32 Å². The lowest BCUT2D eigenvalue weighted by Gasteiger charge is -2.01. The second-order valence-electron chi connectivity index (χ2n) is 2.28. The van der Waals surface area contributed by atoms with Gasteiger partial charge in [-0.3, -0.25) is 4.79 Å². The fourth-order valence-corrected chi connectivity index (χ4v) is 0.908. The van der Waals surface area contributed by atoms with E-state index in [1.54, 1.807) is 12.1 Å². The van der Waals surface area contributed by atoms with Crippen LogP contribution in [0, 0.1) is 0 Å². The van der Waals surface area contributed by atoms with E-state index in [1.807, 2.05) is 18.2 Å². The summed E-state index contributed by atoms with van der Waals surface area (Å²) < 4.78 is 0. The van der Waals surface area contributed by atoms with Crippen LogP contribution in [0.15, 0.2) is 40.9 Å². The van der Waals surface area contributed by atoms with Crippen LogP contribution in [-0.4, -0.2) is 5.91 Å². The predicted octanol–water partition coefficient (Wildman–Crippen LogP) is 2.94. The topological polar surface area (TPSA) is 29.1 Å². The number of rotatable bonds is 2. The second-order valence-corrected chi connectivity index (χ2v) is 2.90. The zero-order valence-corrected chi connectivity index (χ0v) is 8.14. The molecule has 0 saturated carbocycles. The average molecular weight is 216 g/mol. The highest BCUT2D eigenvalue weighted by Gasteiger charge is 2.04. The Bertz CT molecular complexity index is 322. The molecule has 68 valence electrons. The predicted molar refractivity (Wildman–Crippen MR) is 54.9 cm³/mol. The molecule has 0 bridgehead atoms. The summed E-state index contributed by atoms with van der Waals surface area (Å²) in [6, 6.07) is 9.00. The van der Waals surface area contributed by atoms with E-state index in [4.69, 9.17) is 23.2 Å². The minimum Gasteiger partial charge on any atom is -0.321 e. The Balaban J connectivity index is 2.66. The van der Waals surface area contributed by atoms with Gasteiger partial charge in [0.1, 0.15) is 5.03 Å². The van der Waals surface area contributed by atoms with Gasteiger partial charge in [0.05, 0.1) is 0 Å². The number of carbonyl (C=O) groups is 1. The number of anilines is 1. The van der Waals surface area contributed by atoms with Gasteiger partial charge in [-0.05, 0) is 12.1 Å². The van der Waals surface area contributed by atoms with Gasteiger partial charge in [-0.25, -0.2) is 0 Å². The minimum absolute atomic E-state index is 0.0366. The van der Waals surface area contributed by atoms with Gasteiger partial charge >= 0.3 is 0 Å². The number of hydrogen-bond acceptors (Lipinski definition) is 1. The quantitative estimate of drug-likeness (QED) is 0.756. The molecule has 0 aliphatic heterocycles. The lowest BCUT2D eigenvalue weighted by atomic mass is 10.3. The van der Waals surface area contributed by atoms with Crippen molar-refractivity contribution >= 4 is 34.8 Å². The fraction of sp³-hybridized carbons (Fsp3) is 0. The lowest BCUT2D eigenvalue weighted by Crippen LogP contribution is -2.10. The van der Waals surface area contributed by atoms with Crippen molar-refractivity contribution in [3.05, 3.63) is 40.9 Å². The number of nitrogens with one attached hydrogen (secondary N) is 1. The van der Waals surface area contributed by atoms with Gasteiger partial charge in [-0.15, -0.1) is 0 Å². The Kier molecular flexibility index (Phi) is 3.80. The number of hydrogen-bond donors (Lipinski definition) is 1. The Morgan fingerprint density at radius 2 is 1.92 bits per heavy atom. The first-order valence-corrected chi connectivity index (χ1v) is 4.38. The first-order chi connectivity index (χ1) is 6.24. The highest BCUT2D eigenvalue weighted by atomic mass is 35.5. The largest absolute Gasteiger partial charge is 0.321 e. The Hall–Kier alpha value is -0.990. The van der Waals surface area contributed by atoms with E-state index in [0.717, 1.165) is 5.54 Å². The molecule has 0 heterocycles. The number of benzene rings is 1. The van der Waals surface area contributed by atoms with Gasteiger partial charge in [0, 0.05) is 11.2 Å². The van der Waals surface area contributed by atoms with E-state index in [-0.39, 0.29) is 5.03 Å². The molecule has 0 unspecified atom stereocenters.